The summed E-state index contributed by atoms with van der Waals surface area (Å²) in [5, 5.41) is 0. The molecule has 0 atom stereocenters. The van der Waals surface area contributed by atoms with Gasteiger partial charge in [-0.1, -0.05) is 91.0 Å². The van der Waals surface area contributed by atoms with Crippen molar-refractivity contribution in [1.82, 2.24) is 19.2 Å². The zero-order valence-electron chi connectivity index (χ0n) is 18.8. The summed E-state index contributed by atoms with van der Waals surface area (Å²) >= 11 is 1.50. The minimum Gasteiger partial charge on any atom is -0.353 e. The average molecular weight is 464 g/mol. The molecule has 34 heavy (non-hydrogen) atoms. The summed E-state index contributed by atoms with van der Waals surface area (Å²) in [5.74, 6) is 1.00. The number of piperazine rings is 1. The van der Waals surface area contributed by atoms with E-state index in [9.17, 15) is 0 Å². The number of aromatic nitrogens is 3. The van der Waals surface area contributed by atoms with Gasteiger partial charge in [-0.3, -0.25) is 4.90 Å². The van der Waals surface area contributed by atoms with Crippen LogP contribution in [0.5, 0.6) is 0 Å². The van der Waals surface area contributed by atoms with E-state index in [1.807, 2.05) is 18.2 Å². The van der Waals surface area contributed by atoms with Crippen LogP contribution in [0.2, 0.25) is 0 Å². The van der Waals surface area contributed by atoms with Gasteiger partial charge in [0.05, 0.1) is 6.04 Å². The van der Waals surface area contributed by atoms with E-state index >= 15 is 0 Å². The van der Waals surface area contributed by atoms with E-state index in [4.69, 9.17) is 9.36 Å². The van der Waals surface area contributed by atoms with Gasteiger partial charge >= 0.3 is 0 Å². The van der Waals surface area contributed by atoms with Gasteiger partial charge in [0.1, 0.15) is 22.2 Å². The van der Waals surface area contributed by atoms with Crippen molar-refractivity contribution in [2.75, 3.05) is 31.1 Å². The third-order valence-electron chi connectivity index (χ3n) is 6.49. The predicted molar refractivity (Wildman–Crippen MR) is 139 cm³/mol. The van der Waals surface area contributed by atoms with Crippen LogP contribution >= 0.6 is 11.5 Å². The third-order valence-corrected chi connectivity index (χ3v) is 7.33. The fraction of sp³-hybridized carbons (Fsp3) is 0.179. The topological polar surface area (TPSA) is 45.2 Å². The molecule has 1 aliphatic rings. The van der Waals surface area contributed by atoms with E-state index in [1.165, 1.54) is 22.7 Å². The lowest BCUT2D eigenvalue weighted by atomic mass is 9.96. The highest BCUT2D eigenvalue weighted by Crippen LogP contribution is 2.35. The quantitative estimate of drug-likeness (QED) is 0.336. The lowest BCUT2D eigenvalue weighted by Gasteiger charge is -2.40. The zero-order valence-corrected chi connectivity index (χ0v) is 19.6. The van der Waals surface area contributed by atoms with Crippen molar-refractivity contribution >= 4 is 27.6 Å². The smallest absolute Gasteiger partial charge is 0.151 e. The monoisotopic (exact) mass is 463 g/mol. The Balaban J connectivity index is 1.27. The first-order valence-corrected chi connectivity index (χ1v) is 12.4. The van der Waals surface area contributed by atoms with E-state index in [1.54, 1.807) is 6.33 Å². The maximum atomic E-state index is 4.75. The van der Waals surface area contributed by atoms with Crippen molar-refractivity contribution in [3.63, 3.8) is 0 Å². The Kier molecular flexibility index (Phi) is 5.75. The molecule has 0 saturated carbocycles. The molecule has 0 bridgehead atoms. The summed E-state index contributed by atoms with van der Waals surface area (Å²) in [6.45, 7) is 3.76. The van der Waals surface area contributed by atoms with Crippen molar-refractivity contribution in [2.45, 2.75) is 6.04 Å². The summed E-state index contributed by atoms with van der Waals surface area (Å²) in [6, 6.07) is 32.2. The molecular formula is C28H25N5S. The largest absolute Gasteiger partial charge is 0.353 e. The minimum absolute atomic E-state index is 0.253. The van der Waals surface area contributed by atoms with E-state index in [0.717, 1.165) is 53.5 Å². The van der Waals surface area contributed by atoms with Crippen LogP contribution in [0.4, 0.5) is 5.82 Å². The van der Waals surface area contributed by atoms with Gasteiger partial charge in [-0.05, 0) is 22.7 Å². The molecule has 0 N–H and O–H groups in total. The van der Waals surface area contributed by atoms with Gasteiger partial charge in [-0.15, -0.1) is 0 Å². The van der Waals surface area contributed by atoms with Gasteiger partial charge in [0.2, 0.25) is 0 Å². The van der Waals surface area contributed by atoms with Crippen LogP contribution in [0, 0.1) is 0 Å². The van der Waals surface area contributed by atoms with Crippen LogP contribution in [-0.4, -0.2) is 45.4 Å². The number of nitrogens with zero attached hydrogens (tertiary/aromatic N) is 5. The molecule has 2 aromatic heterocycles. The zero-order chi connectivity index (χ0) is 22.7. The van der Waals surface area contributed by atoms with E-state index in [-0.39, 0.29) is 6.04 Å². The second kappa shape index (κ2) is 9.33. The Bertz CT molecular complexity index is 1320. The van der Waals surface area contributed by atoms with Crippen molar-refractivity contribution in [3.05, 3.63) is 108 Å². The molecule has 0 spiro atoms. The number of fused-ring (bicyclic) bond motifs is 1. The third kappa shape index (κ3) is 3.95. The van der Waals surface area contributed by atoms with Gasteiger partial charge in [-0.25, -0.2) is 9.97 Å². The Morgan fingerprint density at radius 3 is 1.88 bits per heavy atom. The van der Waals surface area contributed by atoms with Gasteiger partial charge in [0, 0.05) is 31.7 Å². The molecule has 0 radical (unpaired) electrons. The molecule has 6 heteroatoms. The van der Waals surface area contributed by atoms with Gasteiger partial charge in [0.15, 0.2) is 5.82 Å². The number of rotatable bonds is 5. The minimum atomic E-state index is 0.253. The second-order valence-electron chi connectivity index (χ2n) is 8.52. The highest BCUT2D eigenvalue weighted by atomic mass is 32.1. The highest BCUT2D eigenvalue weighted by Gasteiger charge is 2.28. The van der Waals surface area contributed by atoms with Crippen molar-refractivity contribution in [1.29, 1.82) is 0 Å². The Morgan fingerprint density at radius 1 is 0.676 bits per heavy atom. The van der Waals surface area contributed by atoms with Crippen LogP contribution in [0.1, 0.15) is 17.2 Å². The Morgan fingerprint density at radius 2 is 1.26 bits per heavy atom. The first-order valence-electron chi connectivity index (χ1n) is 11.6. The lowest BCUT2D eigenvalue weighted by molar-refractivity contribution is 0.212. The molecule has 3 aromatic carbocycles. The summed E-state index contributed by atoms with van der Waals surface area (Å²) < 4.78 is 5.81. The molecule has 0 unspecified atom stereocenters. The highest BCUT2D eigenvalue weighted by molar-refractivity contribution is 7.14. The van der Waals surface area contributed by atoms with Crippen molar-refractivity contribution in [3.8, 4) is 11.3 Å². The summed E-state index contributed by atoms with van der Waals surface area (Å²) in [4.78, 5) is 14.3. The van der Waals surface area contributed by atoms with E-state index in [2.05, 4.69) is 87.6 Å². The summed E-state index contributed by atoms with van der Waals surface area (Å²) in [7, 11) is 0. The molecule has 6 rings (SSSR count). The predicted octanol–water partition coefficient (Wildman–Crippen LogP) is 5.66. The normalized spacial score (nSPS) is 14.7. The van der Waals surface area contributed by atoms with Crippen molar-refractivity contribution in [2.24, 2.45) is 0 Å². The van der Waals surface area contributed by atoms with Crippen LogP contribution in [0.15, 0.2) is 97.3 Å². The van der Waals surface area contributed by atoms with E-state index in [0.29, 0.717) is 0 Å². The molecule has 5 nitrogen and oxygen atoms in total. The molecule has 5 aromatic rings. The molecule has 1 aliphatic heterocycles. The second-order valence-corrected chi connectivity index (χ2v) is 9.29. The summed E-state index contributed by atoms with van der Waals surface area (Å²) in [5.41, 5.74) is 5.64. The lowest BCUT2D eigenvalue weighted by Crippen LogP contribution is -2.48. The van der Waals surface area contributed by atoms with Crippen molar-refractivity contribution < 1.29 is 0 Å². The number of benzene rings is 3. The fourth-order valence-corrected chi connectivity index (χ4v) is 5.71. The first kappa shape index (κ1) is 21.0. The fourth-order valence-electron chi connectivity index (χ4n) is 4.84. The van der Waals surface area contributed by atoms with E-state index < -0.39 is 0 Å². The molecule has 0 aliphatic carbocycles. The molecule has 0 amide bonds. The molecule has 1 saturated heterocycles. The van der Waals surface area contributed by atoms with Crippen LogP contribution in [0.25, 0.3) is 21.5 Å². The SMILES string of the molecule is c1ccc(-c2nsc3c(N4CCN(C(c5ccccc5)c5ccccc5)CC4)ncnc23)cc1. The first-order chi connectivity index (χ1) is 16.9. The van der Waals surface area contributed by atoms with Crippen LogP contribution in [-0.2, 0) is 0 Å². The van der Waals surface area contributed by atoms with Gasteiger partial charge in [0.25, 0.3) is 0 Å². The maximum Gasteiger partial charge on any atom is 0.151 e. The van der Waals surface area contributed by atoms with Crippen LogP contribution in [0.3, 0.4) is 0 Å². The molecular weight excluding hydrogens is 438 g/mol. The Labute approximate surface area is 203 Å². The van der Waals surface area contributed by atoms with Crippen LogP contribution < -0.4 is 4.90 Å². The summed E-state index contributed by atoms with van der Waals surface area (Å²) in [6.07, 6.45) is 1.68. The maximum absolute atomic E-state index is 4.75. The number of hydrogen-bond acceptors (Lipinski definition) is 6. The van der Waals surface area contributed by atoms with Gasteiger partial charge in [-0.2, -0.15) is 4.37 Å². The van der Waals surface area contributed by atoms with Gasteiger partial charge < -0.3 is 4.90 Å². The molecule has 168 valence electrons. The molecule has 1 fully saturated rings. The number of hydrogen-bond donors (Lipinski definition) is 0. The molecule has 3 heterocycles. The average Bonchev–Trinajstić information content (AvgIpc) is 3.36. The Hall–Kier alpha value is -3.61. The standard InChI is InChI=1S/C28H25N5S/c1-4-10-21(11-5-1)24-25-27(34-31-24)28(30-20-29-25)33-18-16-32(17-19-33)26(22-12-6-2-7-13-22)23-14-8-3-9-15-23/h1-15,20,26H,16-19H2. The number of anilines is 1.